The number of hydrogen-bond donors (Lipinski definition) is 4. The van der Waals surface area contributed by atoms with Crippen molar-refractivity contribution in [3.05, 3.63) is 35.4 Å². The molecule has 0 saturated heterocycles. The predicted octanol–water partition coefficient (Wildman–Crippen LogP) is 2.58. The van der Waals surface area contributed by atoms with Gasteiger partial charge in [-0.3, -0.25) is 10.1 Å². The number of carbonyl (C=O) groups is 2. The molecule has 1 heterocycles. The molecule has 7 nitrogen and oxygen atoms in total. The van der Waals surface area contributed by atoms with Gasteiger partial charge in [-0.25, -0.2) is 4.79 Å². The van der Waals surface area contributed by atoms with Crippen molar-refractivity contribution in [3.8, 4) is 17.0 Å². The maximum Gasteiger partial charge on any atom is 0.317 e. The van der Waals surface area contributed by atoms with Crippen molar-refractivity contribution in [1.29, 1.82) is 0 Å². The lowest BCUT2D eigenvalue weighted by atomic mass is 10.0. The first-order valence-corrected chi connectivity index (χ1v) is 9.20. The molecule has 0 spiro atoms. The molecular formula is C17H22N4O3S. The first-order valence-electron chi connectivity index (χ1n) is 7.80. The van der Waals surface area contributed by atoms with Crippen LogP contribution in [0.25, 0.3) is 11.3 Å². The lowest BCUT2D eigenvalue weighted by Crippen LogP contribution is -2.22. The highest BCUT2D eigenvalue weighted by Crippen LogP contribution is 2.33. The van der Waals surface area contributed by atoms with E-state index in [0.29, 0.717) is 18.1 Å². The van der Waals surface area contributed by atoms with Crippen LogP contribution in [0.1, 0.15) is 22.8 Å². The molecule has 6 N–H and O–H groups in total. The van der Waals surface area contributed by atoms with Crippen LogP contribution in [0.15, 0.2) is 24.3 Å². The number of hydrogen-bond acceptors (Lipinski definition) is 4. The Labute approximate surface area is 150 Å². The number of thioether (sulfide) groups is 1. The van der Waals surface area contributed by atoms with Gasteiger partial charge in [-0.2, -0.15) is 11.8 Å². The topological polar surface area (TPSA) is 123 Å². The lowest BCUT2D eigenvalue weighted by Gasteiger charge is -2.12. The van der Waals surface area contributed by atoms with E-state index in [2.05, 4.69) is 17.2 Å². The first-order chi connectivity index (χ1) is 12.0. The van der Waals surface area contributed by atoms with E-state index in [4.69, 9.17) is 16.2 Å². The highest BCUT2D eigenvalue weighted by atomic mass is 32.2. The second kappa shape index (κ2) is 8.48. The fourth-order valence-corrected chi connectivity index (χ4v) is 2.63. The van der Waals surface area contributed by atoms with Crippen LogP contribution in [0.3, 0.4) is 0 Å². The van der Waals surface area contributed by atoms with Crippen molar-refractivity contribution in [3.63, 3.8) is 0 Å². The standard InChI is InChI=1S/C17H22N4O3S/c1-3-10-4-5-14(24-6-7-25-2)11(8-10)13-9-12(15(18)22)16(20-13)21-17(19)23/h4-5,8-9,20H,3,6-7H2,1-2H3,(H2,18,22)(H3,19,21,23). The molecule has 0 aliphatic carbocycles. The molecule has 0 saturated carbocycles. The van der Waals surface area contributed by atoms with Gasteiger partial charge in [-0.15, -0.1) is 0 Å². The van der Waals surface area contributed by atoms with Crippen LogP contribution in [0.4, 0.5) is 10.6 Å². The number of carbonyl (C=O) groups excluding carboxylic acids is 2. The molecule has 0 bridgehead atoms. The normalized spacial score (nSPS) is 10.5. The quantitative estimate of drug-likeness (QED) is 0.539. The number of rotatable bonds is 8. The highest BCUT2D eigenvalue weighted by molar-refractivity contribution is 7.98. The number of anilines is 1. The molecule has 25 heavy (non-hydrogen) atoms. The minimum atomic E-state index is -0.783. The van der Waals surface area contributed by atoms with Gasteiger partial charge >= 0.3 is 6.03 Å². The van der Waals surface area contributed by atoms with E-state index in [1.807, 2.05) is 24.5 Å². The fraction of sp³-hybridized carbons (Fsp3) is 0.294. The Morgan fingerprint density at radius 2 is 2.04 bits per heavy atom. The van der Waals surface area contributed by atoms with Crippen molar-refractivity contribution >= 4 is 29.5 Å². The van der Waals surface area contributed by atoms with Crippen LogP contribution in [-0.2, 0) is 6.42 Å². The van der Waals surface area contributed by atoms with E-state index in [1.54, 1.807) is 17.8 Å². The van der Waals surface area contributed by atoms with E-state index in [9.17, 15) is 9.59 Å². The Hall–Kier alpha value is -2.61. The summed E-state index contributed by atoms with van der Waals surface area (Å²) in [5.41, 5.74) is 13.2. The van der Waals surface area contributed by atoms with Gasteiger partial charge in [0.2, 0.25) is 0 Å². The summed E-state index contributed by atoms with van der Waals surface area (Å²) in [5, 5.41) is 2.38. The van der Waals surface area contributed by atoms with Crippen molar-refractivity contribution in [1.82, 2.24) is 4.98 Å². The molecule has 8 heteroatoms. The van der Waals surface area contributed by atoms with Gasteiger partial charge in [0.15, 0.2) is 0 Å². The molecule has 2 rings (SSSR count). The Kier molecular flexibility index (Phi) is 6.35. The van der Waals surface area contributed by atoms with E-state index in [-0.39, 0.29) is 11.4 Å². The Bertz CT molecular complexity index is 773. The minimum Gasteiger partial charge on any atom is -0.492 e. The number of primary amides is 2. The average molecular weight is 362 g/mol. The third-order valence-corrected chi connectivity index (χ3v) is 4.19. The maximum atomic E-state index is 11.6. The van der Waals surface area contributed by atoms with E-state index in [1.165, 1.54) is 0 Å². The third kappa shape index (κ3) is 4.69. The molecule has 1 aromatic heterocycles. The molecule has 0 radical (unpaired) electrons. The molecule has 0 atom stereocenters. The van der Waals surface area contributed by atoms with Gasteiger partial charge in [-0.1, -0.05) is 13.0 Å². The third-order valence-electron chi connectivity index (χ3n) is 3.62. The van der Waals surface area contributed by atoms with Crippen LogP contribution in [-0.4, -0.2) is 35.5 Å². The molecule has 0 fully saturated rings. The molecular weight excluding hydrogens is 340 g/mol. The highest BCUT2D eigenvalue weighted by Gasteiger charge is 2.17. The van der Waals surface area contributed by atoms with Gasteiger partial charge in [0.25, 0.3) is 5.91 Å². The molecule has 0 aliphatic heterocycles. The molecule has 134 valence electrons. The number of benzene rings is 1. The van der Waals surface area contributed by atoms with Crippen LogP contribution in [0.5, 0.6) is 5.75 Å². The van der Waals surface area contributed by atoms with Gasteiger partial charge in [0.1, 0.15) is 11.6 Å². The molecule has 3 amide bonds. The zero-order valence-corrected chi connectivity index (χ0v) is 15.0. The predicted molar refractivity (Wildman–Crippen MR) is 101 cm³/mol. The minimum absolute atomic E-state index is 0.158. The number of nitrogens with one attached hydrogen (secondary N) is 2. The Balaban J connectivity index is 2.47. The van der Waals surface area contributed by atoms with Gasteiger partial charge in [0.05, 0.1) is 17.9 Å². The van der Waals surface area contributed by atoms with Crippen molar-refractivity contribution in [2.45, 2.75) is 13.3 Å². The molecule has 2 aromatic rings. The van der Waals surface area contributed by atoms with Crippen molar-refractivity contribution < 1.29 is 14.3 Å². The number of aromatic amines is 1. The van der Waals surface area contributed by atoms with Crippen LogP contribution in [0.2, 0.25) is 0 Å². The molecule has 1 aromatic carbocycles. The number of H-pyrrole nitrogens is 1. The second-order valence-corrected chi connectivity index (χ2v) is 6.34. The summed E-state index contributed by atoms with van der Waals surface area (Å²) in [6, 6.07) is 6.69. The SMILES string of the molecule is CCc1ccc(OCCSC)c(-c2cc(C(N)=O)c(NC(N)=O)[nH]2)c1. The summed E-state index contributed by atoms with van der Waals surface area (Å²) in [4.78, 5) is 25.8. The van der Waals surface area contributed by atoms with Gasteiger partial charge < -0.3 is 21.2 Å². The average Bonchev–Trinajstić information content (AvgIpc) is 2.98. The molecule has 0 unspecified atom stereocenters. The van der Waals surface area contributed by atoms with Gasteiger partial charge in [0, 0.05) is 11.3 Å². The largest absolute Gasteiger partial charge is 0.492 e. The summed E-state index contributed by atoms with van der Waals surface area (Å²) >= 11 is 1.69. The number of ether oxygens (including phenoxy) is 1. The smallest absolute Gasteiger partial charge is 0.317 e. The number of amides is 3. The Morgan fingerprint density at radius 1 is 1.28 bits per heavy atom. The summed E-state index contributed by atoms with van der Waals surface area (Å²) in [5.74, 6) is 1.06. The van der Waals surface area contributed by atoms with Crippen LogP contribution in [0, 0.1) is 0 Å². The Morgan fingerprint density at radius 3 is 2.64 bits per heavy atom. The molecule has 0 aliphatic rings. The van der Waals surface area contributed by atoms with Crippen molar-refractivity contribution in [2.75, 3.05) is 23.9 Å². The van der Waals surface area contributed by atoms with E-state index >= 15 is 0 Å². The summed E-state index contributed by atoms with van der Waals surface area (Å²) in [6.45, 7) is 2.62. The lowest BCUT2D eigenvalue weighted by molar-refractivity contribution is 0.100. The fourth-order valence-electron chi connectivity index (χ4n) is 2.38. The summed E-state index contributed by atoms with van der Waals surface area (Å²) in [6.07, 6.45) is 2.87. The van der Waals surface area contributed by atoms with Gasteiger partial charge in [-0.05, 0) is 36.4 Å². The number of nitrogens with two attached hydrogens (primary N) is 2. The number of urea groups is 1. The zero-order valence-electron chi connectivity index (χ0n) is 14.2. The van der Waals surface area contributed by atoms with E-state index < -0.39 is 11.9 Å². The summed E-state index contributed by atoms with van der Waals surface area (Å²) < 4.78 is 5.85. The van der Waals surface area contributed by atoms with Crippen LogP contribution >= 0.6 is 11.8 Å². The van der Waals surface area contributed by atoms with E-state index in [0.717, 1.165) is 23.3 Å². The first kappa shape index (κ1) is 18.7. The number of aryl methyl sites for hydroxylation is 1. The monoisotopic (exact) mass is 362 g/mol. The summed E-state index contributed by atoms with van der Waals surface area (Å²) in [7, 11) is 0. The second-order valence-electron chi connectivity index (χ2n) is 5.35. The zero-order chi connectivity index (χ0) is 18.4. The van der Waals surface area contributed by atoms with Crippen molar-refractivity contribution in [2.24, 2.45) is 11.5 Å². The van der Waals surface area contributed by atoms with Crippen LogP contribution < -0.4 is 21.5 Å². The maximum absolute atomic E-state index is 11.6. The number of aromatic nitrogens is 1.